The first-order chi connectivity index (χ1) is 14.8. The van der Waals surface area contributed by atoms with E-state index < -0.39 is 74.6 Å². The quantitative estimate of drug-likeness (QED) is 0.147. The Labute approximate surface area is 182 Å². The first-order valence-electron chi connectivity index (χ1n) is 11.2. The molecule has 184 valence electrons. The number of nitrogens with one attached hydrogen (secondary N) is 1. The van der Waals surface area contributed by atoms with Gasteiger partial charge < -0.3 is 50.0 Å². The topological polar surface area (TPSA) is 181 Å². The van der Waals surface area contributed by atoms with Crippen molar-refractivity contribution in [3.8, 4) is 0 Å². The number of hydrogen-bond acceptors (Lipinski definition) is 11. The van der Waals surface area contributed by atoms with Crippen LogP contribution in [0.25, 0.3) is 0 Å². The van der Waals surface area contributed by atoms with Gasteiger partial charge in [0.1, 0.15) is 55.1 Å². The first kappa shape index (κ1) is 26.8. The highest BCUT2D eigenvalue weighted by atomic mass is 16.7. The molecule has 2 heterocycles. The zero-order valence-electron chi connectivity index (χ0n) is 18.0. The van der Waals surface area contributed by atoms with Gasteiger partial charge in [-0.2, -0.15) is 0 Å². The molecule has 0 bridgehead atoms. The molecule has 0 saturated carbocycles. The van der Waals surface area contributed by atoms with E-state index >= 15 is 0 Å². The van der Waals surface area contributed by atoms with Gasteiger partial charge in [-0.15, -0.1) is 0 Å². The molecule has 2 aliphatic heterocycles. The van der Waals surface area contributed by atoms with Crippen LogP contribution in [0.5, 0.6) is 0 Å². The van der Waals surface area contributed by atoms with E-state index in [1.807, 2.05) is 0 Å². The molecule has 2 rings (SSSR count). The molecule has 1 unspecified atom stereocenters. The van der Waals surface area contributed by atoms with E-state index in [1.165, 1.54) is 19.3 Å². The normalized spacial score (nSPS) is 41.4. The fourth-order valence-corrected chi connectivity index (χ4v) is 3.91. The van der Waals surface area contributed by atoms with Gasteiger partial charge in [0, 0.05) is 0 Å². The fraction of sp³-hybridized carbons (Fsp3) is 1.00. The van der Waals surface area contributed by atoms with Crippen LogP contribution in [0, 0.1) is 0 Å². The minimum Gasteiger partial charge on any atom is -0.394 e. The van der Waals surface area contributed by atoms with E-state index in [1.54, 1.807) is 0 Å². The lowest BCUT2D eigenvalue weighted by Gasteiger charge is -2.46. The summed E-state index contributed by atoms with van der Waals surface area (Å²) in [5.74, 6) is 0. The largest absolute Gasteiger partial charge is 0.394 e. The number of rotatable bonds is 12. The molecule has 0 spiro atoms. The molecule has 2 saturated heterocycles. The monoisotopic (exact) mass is 453 g/mol. The molecule has 0 aliphatic carbocycles. The van der Waals surface area contributed by atoms with Gasteiger partial charge in [-0.25, -0.2) is 0 Å². The molecule has 0 radical (unpaired) electrons. The zero-order chi connectivity index (χ0) is 23.0. The van der Waals surface area contributed by atoms with Gasteiger partial charge in [0.25, 0.3) is 0 Å². The van der Waals surface area contributed by atoms with Crippen LogP contribution in [0.1, 0.15) is 45.4 Å². The summed E-state index contributed by atoms with van der Waals surface area (Å²) in [6.45, 7) is 1.55. The number of unbranched alkanes of at least 4 members (excludes halogenated alkanes) is 5. The summed E-state index contributed by atoms with van der Waals surface area (Å²) in [7, 11) is 0. The van der Waals surface area contributed by atoms with Crippen LogP contribution >= 0.6 is 0 Å². The summed E-state index contributed by atoms with van der Waals surface area (Å²) in [5, 5.41) is 72.9. The van der Waals surface area contributed by atoms with Gasteiger partial charge in [-0.1, -0.05) is 39.0 Å². The van der Waals surface area contributed by atoms with Crippen molar-refractivity contribution in [2.75, 3.05) is 19.8 Å². The van der Waals surface area contributed by atoms with Crippen LogP contribution in [0.15, 0.2) is 0 Å². The summed E-state index contributed by atoms with van der Waals surface area (Å²) in [4.78, 5) is 0. The van der Waals surface area contributed by atoms with Crippen molar-refractivity contribution in [3.63, 3.8) is 0 Å². The maximum Gasteiger partial charge on any atom is 0.187 e. The maximum atomic E-state index is 10.6. The van der Waals surface area contributed by atoms with Crippen LogP contribution in [-0.2, 0) is 14.2 Å². The minimum atomic E-state index is -1.68. The van der Waals surface area contributed by atoms with Crippen LogP contribution in [-0.4, -0.2) is 117 Å². The van der Waals surface area contributed by atoms with Gasteiger partial charge >= 0.3 is 0 Å². The van der Waals surface area contributed by atoms with Gasteiger partial charge in [0.2, 0.25) is 0 Å². The predicted octanol–water partition coefficient (Wildman–Crippen LogP) is -2.44. The third-order valence-electron chi connectivity index (χ3n) is 5.88. The molecule has 2 aliphatic rings. The Morgan fingerprint density at radius 3 is 2.00 bits per heavy atom. The van der Waals surface area contributed by atoms with Crippen molar-refractivity contribution in [1.82, 2.24) is 5.32 Å². The third kappa shape index (κ3) is 7.02. The molecule has 0 aromatic heterocycles. The highest BCUT2D eigenvalue weighted by molar-refractivity contribution is 4.95. The average molecular weight is 454 g/mol. The summed E-state index contributed by atoms with van der Waals surface area (Å²) >= 11 is 0. The lowest BCUT2D eigenvalue weighted by atomic mass is 9.96. The molecule has 0 amide bonds. The summed E-state index contributed by atoms with van der Waals surface area (Å²) in [5.41, 5.74) is 0. The van der Waals surface area contributed by atoms with Crippen LogP contribution in [0.4, 0.5) is 0 Å². The molecule has 10 atom stereocenters. The van der Waals surface area contributed by atoms with Crippen molar-refractivity contribution in [2.45, 2.75) is 107 Å². The standard InChI is InChI=1S/C20H39NO10/c1-2-3-4-5-6-7-8-21-19-16(27)15(26)18(12(10-23)29-19)31-20-17(28)14(25)13(24)11(9-22)30-20/h11-28H,2-10H2,1H3/t11-,12-,13+,14+,15-,16-,17-,18-,19?,20+/m1/s1. The predicted molar refractivity (Wildman–Crippen MR) is 108 cm³/mol. The van der Waals surface area contributed by atoms with Crippen molar-refractivity contribution in [3.05, 3.63) is 0 Å². The summed E-state index contributed by atoms with van der Waals surface area (Å²) in [6.07, 6.45) is -7.11. The van der Waals surface area contributed by atoms with Crippen LogP contribution in [0.3, 0.4) is 0 Å². The molecule has 0 aromatic rings. The molecule has 31 heavy (non-hydrogen) atoms. The van der Waals surface area contributed by atoms with Gasteiger partial charge in [0.15, 0.2) is 6.29 Å². The maximum absolute atomic E-state index is 10.6. The Bertz CT molecular complexity index is 497. The van der Waals surface area contributed by atoms with Crippen LogP contribution < -0.4 is 5.32 Å². The molecular formula is C20H39NO10. The first-order valence-corrected chi connectivity index (χ1v) is 11.2. The molecule has 2 fully saturated rings. The Balaban J connectivity index is 1.90. The van der Waals surface area contributed by atoms with E-state index in [2.05, 4.69) is 12.2 Å². The van der Waals surface area contributed by atoms with E-state index in [0.29, 0.717) is 6.54 Å². The highest BCUT2D eigenvalue weighted by Gasteiger charge is 2.50. The Morgan fingerprint density at radius 1 is 0.710 bits per heavy atom. The molecule has 0 aromatic carbocycles. The SMILES string of the molecule is CCCCCCCCNC1O[C@H](CO)[C@@H](O[C@@H]2O[C@H](CO)[C@H](O)[C@H](O)[C@H]2O)[C@H](O)[C@H]1O. The van der Waals surface area contributed by atoms with Gasteiger partial charge in [-0.3, -0.25) is 5.32 Å². The summed E-state index contributed by atoms with van der Waals surface area (Å²) < 4.78 is 16.5. The summed E-state index contributed by atoms with van der Waals surface area (Å²) in [6, 6.07) is 0. The van der Waals surface area contributed by atoms with E-state index in [0.717, 1.165) is 19.3 Å². The lowest BCUT2D eigenvalue weighted by molar-refractivity contribution is -0.343. The van der Waals surface area contributed by atoms with E-state index in [-0.39, 0.29) is 0 Å². The highest BCUT2D eigenvalue weighted by Crippen LogP contribution is 2.28. The lowest BCUT2D eigenvalue weighted by Crippen LogP contribution is -2.66. The number of aliphatic hydroxyl groups excluding tert-OH is 7. The van der Waals surface area contributed by atoms with Gasteiger partial charge in [-0.05, 0) is 13.0 Å². The number of hydrogen-bond donors (Lipinski definition) is 8. The Kier molecular flexibility index (Phi) is 11.5. The third-order valence-corrected chi connectivity index (χ3v) is 5.88. The molecule has 11 heteroatoms. The zero-order valence-corrected chi connectivity index (χ0v) is 18.0. The minimum absolute atomic E-state index is 0.541. The second kappa shape index (κ2) is 13.3. The van der Waals surface area contributed by atoms with Crippen LogP contribution in [0.2, 0.25) is 0 Å². The van der Waals surface area contributed by atoms with E-state index in [4.69, 9.17) is 14.2 Å². The number of aliphatic hydroxyl groups is 7. The van der Waals surface area contributed by atoms with E-state index in [9.17, 15) is 35.7 Å². The van der Waals surface area contributed by atoms with Crippen molar-refractivity contribution < 1.29 is 50.0 Å². The molecular weight excluding hydrogens is 414 g/mol. The van der Waals surface area contributed by atoms with Gasteiger partial charge in [0.05, 0.1) is 13.2 Å². The van der Waals surface area contributed by atoms with Crippen molar-refractivity contribution in [1.29, 1.82) is 0 Å². The number of ether oxygens (including phenoxy) is 3. The molecule has 8 N–H and O–H groups in total. The Hall–Kier alpha value is -0.440. The second-order valence-corrected chi connectivity index (χ2v) is 8.28. The van der Waals surface area contributed by atoms with Crippen molar-refractivity contribution >= 4 is 0 Å². The smallest absolute Gasteiger partial charge is 0.187 e. The van der Waals surface area contributed by atoms with Crippen molar-refractivity contribution in [2.24, 2.45) is 0 Å². The average Bonchev–Trinajstić information content (AvgIpc) is 2.77. The fourth-order valence-electron chi connectivity index (χ4n) is 3.91. The second-order valence-electron chi connectivity index (χ2n) is 8.28. The Morgan fingerprint density at radius 2 is 1.35 bits per heavy atom. The molecule has 11 nitrogen and oxygen atoms in total.